The first-order valence-corrected chi connectivity index (χ1v) is 6.62. The molecule has 0 heterocycles. The highest BCUT2D eigenvalue weighted by molar-refractivity contribution is 6.67. The highest BCUT2D eigenvalue weighted by Crippen LogP contribution is 2.72. The molecule has 1 rings (SSSR count). The number of ether oxygens (including phenoxy) is 1. The summed E-state index contributed by atoms with van der Waals surface area (Å²) in [6.45, 7) is 5.06. The topological polar surface area (TPSA) is 63.6 Å². The maximum absolute atomic E-state index is 11.9. The summed E-state index contributed by atoms with van der Waals surface area (Å²) in [7, 11) is 0. The standard InChI is InChI=1S/C11H15Cl3O4/c1-4-18-8(17)11(7(15)16)6(9(11,2)3)5-10(12,13)14/h6H,4-5H2,1-3H3,(H,15,16)/t6-,11+/m1/s1. The van der Waals surface area contributed by atoms with Gasteiger partial charge in [-0.15, -0.1) is 0 Å². The predicted octanol–water partition coefficient (Wildman–Crippen LogP) is 3.04. The van der Waals surface area contributed by atoms with Crippen LogP contribution in [0.5, 0.6) is 0 Å². The average molecular weight is 318 g/mol. The van der Waals surface area contributed by atoms with Crippen molar-refractivity contribution < 1.29 is 19.4 Å². The van der Waals surface area contributed by atoms with E-state index in [4.69, 9.17) is 39.5 Å². The van der Waals surface area contributed by atoms with E-state index in [-0.39, 0.29) is 13.0 Å². The molecule has 0 aliphatic heterocycles. The van der Waals surface area contributed by atoms with E-state index in [0.29, 0.717) is 0 Å². The van der Waals surface area contributed by atoms with Crippen LogP contribution < -0.4 is 0 Å². The Hall–Kier alpha value is -0.190. The molecule has 1 N–H and O–H groups in total. The van der Waals surface area contributed by atoms with Crippen LogP contribution >= 0.6 is 34.8 Å². The maximum Gasteiger partial charge on any atom is 0.324 e. The van der Waals surface area contributed by atoms with Crippen molar-refractivity contribution in [2.75, 3.05) is 6.61 Å². The Bertz CT molecular complexity index is 375. The Morgan fingerprint density at radius 2 is 1.83 bits per heavy atom. The van der Waals surface area contributed by atoms with Crippen LogP contribution in [0.3, 0.4) is 0 Å². The predicted molar refractivity (Wildman–Crippen MR) is 68.9 cm³/mol. The first kappa shape index (κ1) is 15.9. The molecule has 0 bridgehead atoms. The lowest BCUT2D eigenvalue weighted by Gasteiger charge is -2.14. The van der Waals surface area contributed by atoms with Gasteiger partial charge >= 0.3 is 11.9 Å². The second kappa shape index (κ2) is 4.73. The van der Waals surface area contributed by atoms with Gasteiger partial charge in [0.2, 0.25) is 0 Å². The lowest BCUT2D eigenvalue weighted by molar-refractivity contribution is -0.163. The van der Waals surface area contributed by atoms with E-state index in [1.54, 1.807) is 20.8 Å². The number of aliphatic carboxylic acids is 1. The highest BCUT2D eigenvalue weighted by atomic mass is 35.6. The summed E-state index contributed by atoms with van der Waals surface area (Å²) < 4.78 is 3.27. The van der Waals surface area contributed by atoms with Gasteiger partial charge in [-0.25, -0.2) is 0 Å². The number of esters is 1. The van der Waals surface area contributed by atoms with Crippen molar-refractivity contribution in [3.8, 4) is 0 Å². The van der Waals surface area contributed by atoms with Crippen LogP contribution in [0, 0.1) is 16.7 Å². The Balaban J connectivity index is 3.08. The van der Waals surface area contributed by atoms with Crippen molar-refractivity contribution in [2.24, 2.45) is 16.7 Å². The number of hydrogen-bond donors (Lipinski definition) is 1. The molecular formula is C11H15Cl3O4. The number of carboxylic acid groups (broad SMARTS) is 1. The van der Waals surface area contributed by atoms with Crippen LogP contribution in [0.2, 0.25) is 0 Å². The van der Waals surface area contributed by atoms with Gasteiger partial charge < -0.3 is 9.84 Å². The second-order valence-electron chi connectivity index (χ2n) is 4.93. The lowest BCUT2D eigenvalue weighted by Crippen LogP contribution is -2.33. The molecule has 0 aromatic rings. The Labute approximate surface area is 121 Å². The minimum Gasteiger partial charge on any atom is -0.480 e. The summed E-state index contributed by atoms with van der Waals surface area (Å²) in [6, 6.07) is 0. The molecule has 7 heteroatoms. The summed E-state index contributed by atoms with van der Waals surface area (Å²) in [6.07, 6.45) is -0.00419. The zero-order chi connectivity index (χ0) is 14.4. The smallest absolute Gasteiger partial charge is 0.324 e. The van der Waals surface area contributed by atoms with Crippen LogP contribution in [-0.4, -0.2) is 27.4 Å². The second-order valence-corrected chi connectivity index (χ2v) is 7.44. The van der Waals surface area contributed by atoms with Crippen LogP contribution in [0.4, 0.5) is 0 Å². The maximum atomic E-state index is 11.9. The van der Waals surface area contributed by atoms with Crippen molar-refractivity contribution in [3.05, 3.63) is 0 Å². The Morgan fingerprint density at radius 1 is 1.33 bits per heavy atom. The minimum absolute atomic E-state index is 0.00419. The molecule has 1 aliphatic rings. The van der Waals surface area contributed by atoms with E-state index in [0.717, 1.165) is 0 Å². The van der Waals surface area contributed by atoms with Gasteiger partial charge in [-0.3, -0.25) is 9.59 Å². The zero-order valence-electron chi connectivity index (χ0n) is 10.3. The molecular weight excluding hydrogens is 302 g/mol. The molecule has 1 fully saturated rings. The fraction of sp³-hybridized carbons (Fsp3) is 0.818. The molecule has 1 saturated carbocycles. The summed E-state index contributed by atoms with van der Waals surface area (Å²) in [5.74, 6) is -2.55. The van der Waals surface area contributed by atoms with Crippen molar-refractivity contribution in [3.63, 3.8) is 0 Å². The van der Waals surface area contributed by atoms with E-state index in [2.05, 4.69) is 0 Å². The number of carboxylic acids is 1. The monoisotopic (exact) mass is 316 g/mol. The summed E-state index contributed by atoms with van der Waals surface area (Å²) >= 11 is 17.1. The molecule has 0 aromatic carbocycles. The van der Waals surface area contributed by atoms with Crippen LogP contribution in [0.25, 0.3) is 0 Å². The fourth-order valence-corrected chi connectivity index (χ4v) is 3.14. The van der Waals surface area contributed by atoms with Gasteiger partial charge in [0.05, 0.1) is 6.61 Å². The van der Waals surface area contributed by atoms with E-state index in [9.17, 15) is 14.7 Å². The van der Waals surface area contributed by atoms with E-state index in [1.165, 1.54) is 0 Å². The molecule has 18 heavy (non-hydrogen) atoms. The van der Waals surface area contributed by atoms with Gasteiger partial charge in [-0.2, -0.15) is 0 Å². The van der Waals surface area contributed by atoms with Gasteiger partial charge in [-0.05, 0) is 24.7 Å². The third kappa shape index (κ3) is 2.30. The van der Waals surface area contributed by atoms with Gasteiger partial charge in [0, 0.05) is 0 Å². The number of carbonyl (C=O) groups excluding carboxylic acids is 1. The Morgan fingerprint density at radius 3 is 2.17 bits per heavy atom. The summed E-state index contributed by atoms with van der Waals surface area (Å²) in [4.78, 5) is 23.4. The molecule has 0 spiro atoms. The molecule has 1 aliphatic carbocycles. The Kier molecular flexibility index (Phi) is 4.17. The molecule has 2 atom stereocenters. The van der Waals surface area contributed by atoms with E-state index in [1.807, 2.05) is 0 Å². The molecule has 0 radical (unpaired) electrons. The molecule has 0 saturated heterocycles. The number of rotatable bonds is 4. The fourth-order valence-electron chi connectivity index (χ4n) is 2.67. The average Bonchev–Trinajstić information content (AvgIpc) is 2.61. The largest absolute Gasteiger partial charge is 0.480 e. The normalized spacial score (nSPS) is 29.8. The van der Waals surface area contributed by atoms with Crippen LogP contribution in [0.15, 0.2) is 0 Å². The lowest BCUT2D eigenvalue weighted by atomic mass is 9.96. The number of hydrogen-bond acceptors (Lipinski definition) is 3. The van der Waals surface area contributed by atoms with Crippen LogP contribution in [0.1, 0.15) is 27.2 Å². The van der Waals surface area contributed by atoms with E-state index >= 15 is 0 Å². The summed E-state index contributed by atoms with van der Waals surface area (Å²) in [5.41, 5.74) is -2.41. The zero-order valence-corrected chi connectivity index (χ0v) is 12.6. The van der Waals surface area contributed by atoms with Gasteiger partial charge in [-0.1, -0.05) is 48.7 Å². The molecule has 4 nitrogen and oxygen atoms in total. The van der Waals surface area contributed by atoms with Gasteiger partial charge in [0.25, 0.3) is 0 Å². The van der Waals surface area contributed by atoms with Crippen molar-refractivity contribution in [2.45, 2.75) is 31.0 Å². The summed E-state index contributed by atoms with van der Waals surface area (Å²) in [5, 5.41) is 9.37. The van der Waals surface area contributed by atoms with Crippen molar-refractivity contribution in [1.82, 2.24) is 0 Å². The minimum atomic E-state index is -1.62. The van der Waals surface area contributed by atoms with Gasteiger partial charge in [0.1, 0.15) is 0 Å². The first-order valence-electron chi connectivity index (χ1n) is 5.49. The third-order valence-corrected chi connectivity index (χ3v) is 4.16. The third-order valence-electron chi connectivity index (χ3n) is 3.70. The molecule has 0 aromatic heterocycles. The number of halogens is 3. The number of alkyl halides is 3. The van der Waals surface area contributed by atoms with E-state index < -0.39 is 32.5 Å². The van der Waals surface area contributed by atoms with Crippen molar-refractivity contribution >= 4 is 46.7 Å². The first-order chi connectivity index (χ1) is 8.01. The van der Waals surface area contributed by atoms with Crippen molar-refractivity contribution in [1.29, 1.82) is 0 Å². The van der Waals surface area contributed by atoms with Gasteiger partial charge in [0.15, 0.2) is 9.21 Å². The molecule has 0 amide bonds. The highest BCUT2D eigenvalue weighted by Gasteiger charge is 2.81. The molecule has 0 unspecified atom stereocenters. The quantitative estimate of drug-likeness (QED) is 0.492. The number of carbonyl (C=O) groups is 2. The SMILES string of the molecule is CCOC(=O)[C@@]1(C(=O)O)[C@H](CC(Cl)(Cl)Cl)C1(C)C. The molecule has 104 valence electrons. The van der Waals surface area contributed by atoms with Crippen LogP contribution in [-0.2, 0) is 14.3 Å².